The molecule has 0 bridgehead atoms. The van der Waals surface area contributed by atoms with Crippen molar-refractivity contribution in [2.75, 3.05) is 31.1 Å². The Morgan fingerprint density at radius 3 is 2.36 bits per heavy atom. The van der Waals surface area contributed by atoms with E-state index in [0.29, 0.717) is 42.7 Å². The van der Waals surface area contributed by atoms with Gasteiger partial charge in [0.1, 0.15) is 11.5 Å². The fourth-order valence-corrected chi connectivity index (χ4v) is 3.75. The Balaban J connectivity index is 1.55. The van der Waals surface area contributed by atoms with Crippen LogP contribution in [0.15, 0.2) is 60.9 Å². The predicted octanol–water partition coefficient (Wildman–Crippen LogP) is 4.51. The Labute approximate surface area is 193 Å². The maximum atomic E-state index is 13.5. The van der Waals surface area contributed by atoms with Gasteiger partial charge in [-0.1, -0.05) is 23.6 Å². The maximum absolute atomic E-state index is 13.5. The van der Waals surface area contributed by atoms with Crippen LogP contribution in [0.25, 0.3) is 0 Å². The van der Waals surface area contributed by atoms with Crippen molar-refractivity contribution < 1.29 is 18.0 Å². The van der Waals surface area contributed by atoms with E-state index in [1.54, 1.807) is 41.4 Å². The molecule has 2 aromatic heterocycles. The number of alkyl halides is 3. The maximum Gasteiger partial charge on any atom is 0.417 e. The number of hydrogen-bond acceptors (Lipinski definition) is 4. The summed E-state index contributed by atoms with van der Waals surface area (Å²) in [5.74, 6) is 5.47. The molecule has 1 saturated heterocycles. The van der Waals surface area contributed by atoms with Crippen molar-refractivity contribution in [2.45, 2.75) is 6.18 Å². The van der Waals surface area contributed by atoms with Crippen LogP contribution in [-0.2, 0) is 6.18 Å². The van der Waals surface area contributed by atoms with Crippen molar-refractivity contribution in [1.82, 2.24) is 14.9 Å². The third-order valence-electron chi connectivity index (χ3n) is 5.17. The number of hydrogen-bond donors (Lipinski definition) is 0. The van der Waals surface area contributed by atoms with Gasteiger partial charge in [-0.25, -0.2) is 9.97 Å². The first-order valence-corrected chi connectivity index (χ1v) is 10.5. The summed E-state index contributed by atoms with van der Waals surface area (Å²) in [6.07, 6.45) is -1.44. The molecule has 4 rings (SSSR count). The predicted molar refractivity (Wildman–Crippen MR) is 119 cm³/mol. The Bertz CT molecular complexity index is 1210. The van der Waals surface area contributed by atoms with Gasteiger partial charge in [0.2, 0.25) is 0 Å². The third kappa shape index (κ3) is 5.26. The Morgan fingerprint density at radius 2 is 1.70 bits per heavy atom. The van der Waals surface area contributed by atoms with Gasteiger partial charge >= 0.3 is 6.18 Å². The summed E-state index contributed by atoms with van der Waals surface area (Å²) < 4.78 is 40.5. The average molecular weight is 471 g/mol. The van der Waals surface area contributed by atoms with Crippen LogP contribution in [0.3, 0.4) is 0 Å². The van der Waals surface area contributed by atoms with Crippen LogP contribution in [0.4, 0.5) is 19.0 Å². The molecule has 5 nitrogen and oxygen atoms in total. The zero-order chi connectivity index (χ0) is 23.4. The summed E-state index contributed by atoms with van der Waals surface area (Å²) in [7, 11) is 0. The van der Waals surface area contributed by atoms with Crippen LogP contribution in [0.1, 0.15) is 27.2 Å². The molecular weight excluding hydrogens is 453 g/mol. The van der Waals surface area contributed by atoms with Gasteiger partial charge < -0.3 is 9.80 Å². The minimum absolute atomic E-state index is 0.151. The lowest BCUT2D eigenvalue weighted by atomic mass is 10.0. The summed E-state index contributed by atoms with van der Waals surface area (Å²) in [5.41, 5.74) is -0.667. The first-order valence-electron chi connectivity index (χ1n) is 10.1. The van der Waals surface area contributed by atoms with Gasteiger partial charge in [-0.05, 0) is 48.4 Å². The van der Waals surface area contributed by atoms with Gasteiger partial charge in [-0.15, -0.1) is 0 Å². The molecule has 0 radical (unpaired) electrons. The molecule has 0 N–H and O–H groups in total. The average Bonchev–Trinajstić information content (AvgIpc) is 2.82. The van der Waals surface area contributed by atoms with Gasteiger partial charge in [0.25, 0.3) is 5.91 Å². The van der Waals surface area contributed by atoms with E-state index in [4.69, 9.17) is 11.6 Å². The number of amides is 1. The van der Waals surface area contributed by atoms with Gasteiger partial charge in [-0.2, -0.15) is 13.2 Å². The van der Waals surface area contributed by atoms with E-state index in [2.05, 4.69) is 21.8 Å². The lowest BCUT2D eigenvalue weighted by Crippen LogP contribution is -2.49. The van der Waals surface area contributed by atoms with Crippen LogP contribution in [-0.4, -0.2) is 47.0 Å². The highest BCUT2D eigenvalue weighted by molar-refractivity contribution is 6.32. The van der Waals surface area contributed by atoms with E-state index in [9.17, 15) is 18.0 Å². The lowest BCUT2D eigenvalue weighted by molar-refractivity contribution is -0.137. The first-order chi connectivity index (χ1) is 15.8. The number of piperazine rings is 1. The summed E-state index contributed by atoms with van der Waals surface area (Å²) in [5, 5.41) is 0.524. The highest BCUT2D eigenvalue weighted by Gasteiger charge is 2.34. The number of carbonyl (C=O) groups is 1. The number of anilines is 1. The molecule has 0 aliphatic carbocycles. The van der Waals surface area contributed by atoms with Gasteiger partial charge in [0.05, 0.1) is 10.6 Å². The molecule has 0 atom stereocenters. The second-order valence-corrected chi connectivity index (χ2v) is 7.72. The monoisotopic (exact) mass is 470 g/mol. The van der Waals surface area contributed by atoms with Crippen molar-refractivity contribution in [3.8, 4) is 11.8 Å². The Morgan fingerprint density at radius 1 is 0.939 bits per heavy atom. The van der Waals surface area contributed by atoms with E-state index in [1.807, 2.05) is 4.90 Å². The second-order valence-electron chi connectivity index (χ2n) is 7.31. The molecule has 1 amide bonds. The number of pyridine rings is 2. The fourth-order valence-electron chi connectivity index (χ4n) is 3.51. The molecule has 168 valence electrons. The number of nitrogens with zero attached hydrogens (tertiary/aromatic N) is 4. The van der Waals surface area contributed by atoms with Crippen molar-refractivity contribution in [2.24, 2.45) is 0 Å². The van der Waals surface area contributed by atoms with E-state index in [-0.39, 0.29) is 17.0 Å². The SMILES string of the molecule is O=C(c1ccc(C(F)(F)F)c(C#Cc2ccccn2)c1)N1CCN(c2ncccc2Cl)CC1. The van der Waals surface area contributed by atoms with Gasteiger partial charge in [0.15, 0.2) is 0 Å². The molecule has 1 aliphatic rings. The zero-order valence-electron chi connectivity index (χ0n) is 17.3. The zero-order valence-corrected chi connectivity index (χ0v) is 18.1. The first kappa shape index (κ1) is 22.6. The smallest absolute Gasteiger partial charge is 0.352 e. The lowest BCUT2D eigenvalue weighted by Gasteiger charge is -2.35. The number of benzene rings is 1. The van der Waals surface area contributed by atoms with Crippen LogP contribution in [0.5, 0.6) is 0 Å². The molecule has 3 heterocycles. The molecular formula is C24H18ClF3N4O. The second kappa shape index (κ2) is 9.51. The topological polar surface area (TPSA) is 49.3 Å². The van der Waals surface area contributed by atoms with Gasteiger partial charge in [0, 0.05) is 49.7 Å². The molecule has 33 heavy (non-hydrogen) atoms. The number of halogens is 4. The third-order valence-corrected chi connectivity index (χ3v) is 5.46. The highest BCUT2D eigenvalue weighted by Crippen LogP contribution is 2.32. The van der Waals surface area contributed by atoms with Gasteiger partial charge in [-0.3, -0.25) is 4.79 Å². The molecule has 0 saturated carbocycles. The number of aromatic nitrogens is 2. The van der Waals surface area contributed by atoms with Crippen molar-refractivity contribution >= 4 is 23.3 Å². The summed E-state index contributed by atoms with van der Waals surface area (Å²) in [6.45, 7) is 1.80. The molecule has 1 aromatic carbocycles. The number of carbonyl (C=O) groups excluding carboxylic acids is 1. The van der Waals surface area contributed by atoms with Crippen LogP contribution in [0.2, 0.25) is 5.02 Å². The van der Waals surface area contributed by atoms with E-state index in [0.717, 1.165) is 6.07 Å². The van der Waals surface area contributed by atoms with Crippen LogP contribution in [0, 0.1) is 11.8 Å². The standard InChI is InChI=1S/C24H18ClF3N4O/c25-21-5-3-11-30-22(21)31-12-14-32(15-13-31)23(33)18-7-9-20(24(26,27)28)17(16-18)6-8-19-4-1-2-10-29-19/h1-5,7,9-11,16H,12-15H2. The van der Waals surface area contributed by atoms with Crippen molar-refractivity contribution in [3.63, 3.8) is 0 Å². The quantitative estimate of drug-likeness (QED) is 0.517. The van der Waals surface area contributed by atoms with E-state index >= 15 is 0 Å². The van der Waals surface area contributed by atoms with Crippen molar-refractivity contribution in [1.29, 1.82) is 0 Å². The van der Waals surface area contributed by atoms with Crippen LogP contribution >= 0.6 is 11.6 Å². The summed E-state index contributed by atoms with van der Waals surface area (Å²) >= 11 is 6.20. The fraction of sp³-hybridized carbons (Fsp3) is 0.208. The summed E-state index contributed by atoms with van der Waals surface area (Å²) in [6, 6.07) is 11.8. The van der Waals surface area contributed by atoms with E-state index < -0.39 is 11.7 Å². The molecule has 1 fully saturated rings. The minimum atomic E-state index is -4.59. The highest BCUT2D eigenvalue weighted by atomic mass is 35.5. The molecule has 1 aliphatic heterocycles. The Hall–Kier alpha value is -3.57. The van der Waals surface area contributed by atoms with Crippen molar-refractivity contribution in [3.05, 3.63) is 88.3 Å². The number of rotatable bonds is 2. The van der Waals surface area contributed by atoms with Crippen LogP contribution < -0.4 is 4.90 Å². The molecule has 0 unspecified atom stereocenters. The van der Waals surface area contributed by atoms with E-state index in [1.165, 1.54) is 18.3 Å². The minimum Gasteiger partial charge on any atom is -0.352 e. The molecule has 0 spiro atoms. The normalized spacial score (nSPS) is 13.9. The summed E-state index contributed by atoms with van der Waals surface area (Å²) in [4.78, 5) is 24.9. The Kier molecular flexibility index (Phi) is 6.52. The molecule has 3 aromatic rings. The largest absolute Gasteiger partial charge is 0.417 e. The molecule has 9 heteroatoms.